The molecule has 3 aromatic carbocycles. The fourth-order valence-corrected chi connectivity index (χ4v) is 4.57. The van der Waals surface area contributed by atoms with Crippen molar-refractivity contribution < 1.29 is 23.1 Å². The Labute approximate surface area is 185 Å². The summed E-state index contributed by atoms with van der Waals surface area (Å²) in [6.07, 6.45) is 0.771. The molecular formula is C23H20ClNO5S. The van der Waals surface area contributed by atoms with E-state index in [4.69, 9.17) is 11.6 Å². The van der Waals surface area contributed by atoms with Gasteiger partial charge in [-0.05, 0) is 60.9 Å². The molecule has 0 radical (unpaired) electrons. The Bertz CT molecular complexity index is 1210. The Hall–Kier alpha value is -3.16. The number of anilines is 1. The lowest BCUT2D eigenvalue weighted by Crippen LogP contribution is -2.17. The molecule has 0 saturated carbocycles. The number of halogens is 1. The topological polar surface area (TPSA) is 101 Å². The first-order chi connectivity index (χ1) is 14.8. The quantitative estimate of drug-likeness (QED) is 0.510. The maximum atomic E-state index is 12.7. The second kappa shape index (κ2) is 9.76. The van der Waals surface area contributed by atoms with Gasteiger partial charge in [0.2, 0.25) is 0 Å². The van der Waals surface area contributed by atoms with Gasteiger partial charge in [0.15, 0.2) is 9.84 Å². The highest BCUT2D eigenvalue weighted by atomic mass is 35.5. The summed E-state index contributed by atoms with van der Waals surface area (Å²) in [5.74, 6) is -1.79. The summed E-state index contributed by atoms with van der Waals surface area (Å²) in [4.78, 5) is 24.2. The molecule has 0 atom stereocenters. The minimum absolute atomic E-state index is 0.0510. The third-order valence-electron chi connectivity index (χ3n) is 4.70. The molecule has 6 nitrogen and oxygen atoms in total. The summed E-state index contributed by atoms with van der Waals surface area (Å²) in [6, 6.07) is 19.0. The van der Waals surface area contributed by atoms with E-state index in [1.165, 1.54) is 36.4 Å². The maximum Gasteiger partial charge on any atom is 0.336 e. The average molecular weight is 458 g/mol. The minimum atomic E-state index is -3.45. The third kappa shape index (κ3) is 5.71. The van der Waals surface area contributed by atoms with E-state index in [-0.39, 0.29) is 21.8 Å². The van der Waals surface area contributed by atoms with Crippen LogP contribution in [0.4, 0.5) is 5.69 Å². The van der Waals surface area contributed by atoms with Crippen LogP contribution in [0.5, 0.6) is 0 Å². The van der Waals surface area contributed by atoms with Crippen LogP contribution in [0, 0.1) is 0 Å². The van der Waals surface area contributed by atoms with Crippen LogP contribution in [0.1, 0.15) is 32.7 Å². The second-order valence-corrected chi connectivity index (χ2v) is 9.38. The van der Waals surface area contributed by atoms with Gasteiger partial charge in [0.05, 0.1) is 21.8 Å². The van der Waals surface area contributed by atoms with E-state index in [9.17, 15) is 23.1 Å². The van der Waals surface area contributed by atoms with E-state index in [0.29, 0.717) is 23.6 Å². The molecule has 160 valence electrons. The number of amides is 1. The summed E-state index contributed by atoms with van der Waals surface area (Å²) < 4.78 is 25.0. The molecule has 3 aromatic rings. The minimum Gasteiger partial charge on any atom is -0.478 e. The summed E-state index contributed by atoms with van der Waals surface area (Å²) in [7, 11) is -3.45. The number of rotatable bonds is 8. The van der Waals surface area contributed by atoms with Gasteiger partial charge >= 0.3 is 5.97 Å². The lowest BCUT2D eigenvalue weighted by Gasteiger charge is -2.12. The van der Waals surface area contributed by atoms with Gasteiger partial charge in [-0.15, -0.1) is 0 Å². The molecule has 8 heteroatoms. The van der Waals surface area contributed by atoms with Gasteiger partial charge in [-0.3, -0.25) is 4.79 Å². The number of carbonyl (C=O) groups excluding carboxylic acids is 1. The van der Waals surface area contributed by atoms with E-state index in [1.54, 1.807) is 36.4 Å². The average Bonchev–Trinajstić information content (AvgIpc) is 2.75. The van der Waals surface area contributed by atoms with Crippen LogP contribution in [0.15, 0.2) is 77.7 Å². The predicted molar refractivity (Wildman–Crippen MR) is 120 cm³/mol. The fraction of sp³-hybridized carbons (Fsp3) is 0.130. The molecule has 0 spiro atoms. The number of aryl methyl sites for hydroxylation is 1. The van der Waals surface area contributed by atoms with E-state index >= 15 is 0 Å². The van der Waals surface area contributed by atoms with Gasteiger partial charge in [0, 0.05) is 10.7 Å². The lowest BCUT2D eigenvalue weighted by atomic mass is 10.1. The van der Waals surface area contributed by atoms with Gasteiger partial charge in [-0.1, -0.05) is 41.9 Å². The van der Waals surface area contributed by atoms with Crippen molar-refractivity contribution in [3.63, 3.8) is 0 Å². The Morgan fingerprint density at radius 3 is 2.16 bits per heavy atom. The number of carbonyl (C=O) groups is 2. The van der Waals surface area contributed by atoms with E-state index in [0.717, 1.165) is 5.56 Å². The van der Waals surface area contributed by atoms with Crippen LogP contribution in [0.3, 0.4) is 0 Å². The molecule has 0 heterocycles. The predicted octanol–water partition coefficient (Wildman–Crippen LogP) is 4.70. The van der Waals surface area contributed by atoms with Crippen LogP contribution >= 0.6 is 11.6 Å². The van der Waals surface area contributed by atoms with Crippen molar-refractivity contribution in [3.05, 3.63) is 94.5 Å². The fourth-order valence-electron chi connectivity index (χ4n) is 3.13. The molecule has 1 amide bonds. The summed E-state index contributed by atoms with van der Waals surface area (Å²) in [6.45, 7) is 0. The Morgan fingerprint density at radius 1 is 0.871 bits per heavy atom. The molecule has 31 heavy (non-hydrogen) atoms. The highest BCUT2D eigenvalue weighted by molar-refractivity contribution is 7.91. The first kappa shape index (κ1) is 22.5. The van der Waals surface area contributed by atoms with Gasteiger partial charge in [0.1, 0.15) is 0 Å². The Balaban J connectivity index is 1.70. The Kier molecular flexibility index (Phi) is 7.09. The molecule has 0 bridgehead atoms. The number of nitrogens with one attached hydrogen (secondary N) is 1. The molecular weight excluding hydrogens is 438 g/mol. The third-order valence-corrected chi connectivity index (χ3v) is 6.77. The first-order valence-corrected chi connectivity index (χ1v) is 11.5. The zero-order valence-electron chi connectivity index (χ0n) is 16.4. The Morgan fingerprint density at radius 2 is 1.48 bits per heavy atom. The molecule has 0 aliphatic carbocycles. The van der Waals surface area contributed by atoms with Crippen LogP contribution in [0.2, 0.25) is 5.02 Å². The van der Waals surface area contributed by atoms with Gasteiger partial charge in [-0.25, -0.2) is 13.2 Å². The van der Waals surface area contributed by atoms with Gasteiger partial charge in [-0.2, -0.15) is 0 Å². The number of carboxylic acids is 1. The smallest absolute Gasteiger partial charge is 0.336 e. The van der Waals surface area contributed by atoms with Gasteiger partial charge in [0.25, 0.3) is 5.91 Å². The zero-order chi connectivity index (χ0) is 22.4. The van der Waals surface area contributed by atoms with Crippen molar-refractivity contribution >= 4 is 39.0 Å². The normalized spacial score (nSPS) is 11.1. The SMILES string of the molecule is O=C(O)c1ccccc1C(=O)Nc1ccccc1CCCS(=O)(=O)c1ccc(Cl)cc1. The number of hydrogen-bond acceptors (Lipinski definition) is 4. The van der Waals surface area contributed by atoms with Crippen LogP contribution in [-0.4, -0.2) is 31.2 Å². The highest BCUT2D eigenvalue weighted by Gasteiger charge is 2.18. The highest BCUT2D eigenvalue weighted by Crippen LogP contribution is 2.21. The zero-order valence-corrected chi connectivity index (χ0v) is 18.0. The lowest BCUT2D eigenvalue weighted by molar-refractivity contribution is 0.0692. The molecule has 0 fully saturated rings. The molecule has 0 unspecified atom stereocenters. The van der Waals surface area contributed by atoms with Crippen molar-refractivity contribution in [2.24, 2.45) is 0 Å². The number of para-hydroxylation sites is 1. The van der Waals surface area contributed by atoms with E-state index in [1.807, 2.05) is 0 Å². The van der Waals surface area contributed by atoms with Crippen LogP contribution < -0.4 is 5.32 Å². The number of carboxylic acid groups (broad SMARTS) is 1. The molecule has 2 N–H and O–H groups in total. The number of benzene rings is 3. The molecule has 0 aliphatic rings. The number of aromatic carboxylic acids is 1. The number of sulfone groups is 1. The summed E-state index contributed by atoms with van der Waals surface area (Å²) in [5.41, 5.74) is 1.23. The van der Waals surface area contributed by atoms with Crippen LogP contribution in [0.25, 0.3) is 0 Å². The summed E-state index contributed by atoms with van der Waals surface area (Å²) >= 11 is 5.81. The van der Waals surface area contributed by atoms with Crippen molar-refractivity contribution in [3.8, 4) is 0 Å². The van der Waals surface area contributed by atoms with Crippen LogP contribution in [-0.2, 0) is 16.3 Å². The second-order valence-electron chi connectivity index (χ2n) is 6.84. The van der Waals surface area contributed by atoms with E-state index in [2.05, 4.69) is 5.32 Å². The van der Waals surface area contributed by atoms with Crippen molar-refractivity contribution in [2.45, 2.75) is 17.7 Å². The van der Waals surface area contributed by atoms with Crippen molar-refractivity contribution in [1.82, 2.24) is 0 Å². The standard InChI is InChI=1S/C23H20ClNO5S/c24-17-11-13-18(14-12-17)31(29,30)15-5-7-16-6-1-4-10-21(16)25-22(26)19-8-2-3-9-20(19)23(27)28/h1-4,6,8-14H,5,7,15H2,(H,25,26)(H,27,28). The van der Waals surface area contributed by atoms with Crippen molar-refractivity contribution in [1.29, 1.82) is 0 Å². The van der Waals surface area contributed by atoms with Gasteiger partial charge < -0.3 is 10.4 Å². The monoisotopic (exact) mass is 457 g/mol. The van der Waals surface area contributed by atoms with E-state index < -0.39 is 21.7 Å². The summed E-state index contributed by atoms with van der Waals surface area (Å²) in [5, 5.41) is 12.5. The molecule has 0 aromatic heterocycles. The molecule has 3 rings (SSSR count). The first-order valence-electron chi connectivity index (χ1n) is 9.48. The number of hydrogen-bond donors (Lipinski definition) is 2. The molecule has 0 saturated heterocycles. The maximum absolute atomic E-state index is 12.7. The molecule has 0 aliphatic heterocycles. The van der Waals surface area contributed by atoms with Crippen molar-refractivity contribution in [2.75, 3.05) is 11.1 Å². The largest absolute Gasteiger partial charge is 0.478 e.